The second-order valence-electron chi connectivity index (χ2n) is 4.50. The fourth-order valence-electron chi connectivity index (χ4n) is 1.91. The summed E-state index contributed by atoms with van der Waals surface area (Å²) in [5, 5.41) is 11.2. The van der Waals surface area contributed by atoms with E-state index < -0.39 is 11.9 Å². The molecule has 1 aliphatic rings. The molecule has 1 aliphatic carbocycles. The van der Waals surface area contributed by atoms with E-state index in [0.29, 0.717) is 11.4 Å². The van der Waals surface area contributed by atoms with E-state index in [1.54, 1.807) is 19.2 Å². The van der Waals surface area contributed by atoms with Crippen LogP contribution >= 0.6 is 0 Å². The molecule has 1 fully saturated rings. The van der Waals surface area contributed by atoms with E-state index in [2.05, 4.69) is 10.3 Å². The first-order valence-electron chi connectivity index (χ1n) is 6.50. The fraction of sp³-hybridized carbons (Fsp3) is 0.429. The Morgan fingerprint density at radius 1 is 1.55 bits per heavy atom. The molecule has 0 spiro atoms. The molecular formula is C14H15N3O3. The molecule has 0 bridgehead atoms. The maximum absolute atomic E-state index is 11.9. The number of nitriles is 1. The Bertz CT molecular complexity index is 574. The summed E-state index contributed by atoms with van der Waals surface area (Å²) in [4.78, 5) is 27.8. The number of rotatable bonds is 5. The van der Waals surface area contributed by atoms with Crippen LogP contribution in [-0.4, -0.2) is 23.5 Å². The highest BCUT2D eigenvalue weighted by Gasteiger charge is 2.30. The SMILES string of the molecule is CCOC(=O)c1ccnc(C2CC2)c1NC(=O)CC#N. The Hall–Kier alpha value is -2.42. The van der Waals surface area contributed by atoms with Crippen LogP contribution in [0.3, 0.4) is 0 Å². The van der Waals surface area contributed by atoms with Gasteiger partial charge in [-0.15, -0.1) is 0 Å². The zero-order valence-electron chi connectivity index (χ0n) is 11.2. The summed E-state index contributed by atoms with van der Waals surface area (Å²) in [6.45, 7) is 1.97. The average Bonchev–Trinajstić information content (AvgIpc) is 3.23. The normalized spacial score (nSPS) is 13.4. The predicted octanol–water partition coefficient (Wildman–Crippen LogP) is 1.99. The summed E-state index contributed by atoms with van der Waals surface area (Å²) in [5.74, 6) is -0.682. The van der Waals surface area contributed by atoms with E-state index in [-0.39, 0.29) is 24.5 Å². The van der Waals surface area contributed by atoms with Crippen molar-refractivity contribution in [1.29, 1.82) is 5.26 Å². The Morgan fingerprint density at radius 3 is 2.90 bits per heavy atom. The topological polar surface area (TPSA) is 92.1 Å². The lowest BCUT2D eigenvalue weighted by molar-refractivity contribution is -0.115. The van der Waals surface area contributed by atoms with Crippen LogP contribution < -0.4 is 5.32 Å². The lowest BCUT2D eigenvalue weighted by Gasteiger charge is -2.13. The first-order chi connectivity index (χ1) is 9.67. The van der Waals surface area contributed by atoms with Crippen LogP contribution in [0.5, 0.6) is 0 Å². The number of carbonyl (C=O) groups excluding carboxylic acids is 2. The van der Waals surface area contributed by atoms with Gasteiger partial charge < -0.3 is 10.1 Å². The first kappa shape index (κ1) is 14.0. The number of esters is 1. The highest BCUT2D eigenvalue weighted by atomic mass is 16.5. The third-order valence-corrected chi connectivity index (χ3v) is 2.94. The van der Waals surface area contributed by atoms with Gasteiger partial charge in [0.05, 0.1) is 29.6 Å². The van der Waals surface area contributed by atoms with Gasteiger partial charge in [-0.25, -0.2) is 4.79 Å². The molecule has 1 saturated carbocycles. The Kier molecular flexibility index (Phi) is 4.31. The number of nitrogens with one attached hydrogen (secondary N) is 1. The van der Waals surface area contributed by atoms with Gasteiger partial charge in [0.1, 0.15) is 6.42 Å². The zero-order chi connectivity index (χ0) is 14.5. The van der Waals surface area contributed by atoms with Crippen LogP contribution in [-0.2, 0) is 9.53 Å². The van der Waals surface area contributed by atoms with E-state index in [9.17, 15) is 9.59 Å². The number of nitrogens with zero attached hydrogens (tertiary/aromatic N) is 2. The van der Waals surface area contributed by atoms with E-state index in [4.69, 9.17) is 10.00 Å². The predicted molar refractivity (Wildman–Crippen MR) is 71.0 cm³/mol. The molecule has 1 aromatic heterocycles. The smallest absolute Gasteiger partial charge is 0.340 e. The molecule has 0 radical (unpaired) electrons. The summed E-state index contributed by atoms with van der Waals surface area (Å²) >= 11 is 0. The van der Waals surface area contributed by atoms with E-state index in [1.807, 2.05) is 0 Å². The van der Waals surface area contributed by atoms with E-state index in [1.165, 1.54) is 6.07 Å². The lowest BCUT2D eigenvalue weighted by Crippen LogP contribution is -2.17. The van der Waals surface area contributed by atoms with Crippen molar-refractivity contribution in [1.82, 2.24) is 4.98 Å². The van der Waals surface area contributed by atoms with Crippen molar-refractivity contribution in [2.45, 2.75) is 32.1 Å². The quantitative estimate of drug-likeness (QED) is 0.828. The molecule has 104 valence electrons. The van der Waals surface area contributed by atoms with Gasteiger partial charge >= 0.3 is 5.97 Å². The molecule has 1 heterocycles. The van der Waals surface area contributed by atoms with E-state index >= 15 is 0 Å². The molecule has 1 amide bonds. The molecule has 0 aromatic carbocycles. The molecule has 0 unspecified atom stereocenters. The van der Waals surface area contributed by atoms with Crippen molar-refractivity contribution in [3.63, 3.8) is 0 Å². The Balaban J connectivity index is 2.35. The van der Waals surface area contributed by atoms with Gasteiger partial charge in [-0.3, -0.25) is 9.78 Å². The lowest BCUT2D eigenvalue weighted by atomic mass is 10.1. The van der Waals surface area contributed by atoms with Crippen LogP contribution in [0.4, 0.5) is 5.69 Å². The highest BCUT2D eigenvalue weighted by Crippen LogP contribution is 2.43. The second kappa shape index (κ2) is 6.15. The molecular weight excluding hydrogens is 258 g/mol. The van der Waals surface area contributed by atoms with Crippen molar-refractivity contribution >= 4 is 17.6 Å². The average molecular weight is 273 g/mol. The maximum Gasteiger partial charge on any atom is 0.340 e. The largest absolute Gasteiger partial charge is 0.462 e. The van der Waals surface area contributed by atoms with Crippen LogP contribution in [0.2, 0.25) is 0 Å². The maximum atomic E-state index is 11.9. The minimum absolute atomic E-state index is 0.255. The van der Waals surface area contributed by atoms with Gasteiger partial charge in [0, 0.05) is 12.1 Å². The first-order valence-corrected chi connectivity index (χ1v) is 6.50. The Labute approximate surface area is 116 Å². The molecule has 0 saturated heterocycles. The van der Waals surface area contributed by atoms with Gasteiger partial charge in [-0.05, 0) is 25.8 Å². The zero-order valence-corrected chi connectivity index (χ0v) is 11.2. The Morgan fingerprint density at radius 2 is 2.30 bits per heavy atom. The number of anilines is 1. The highest BCUT2D eigenvalue weighted by molar-refractivity contribution is 6.02. The summed E-state index contributed by atoms with van der Waals surface area (Å²) in [7, 11) is 0. The summed E-state index contributed by atoms with van der Waals surface area (Å²) < 4.78 is 4.98. The molecule has 6 heteroatoms. The summed E-state index contributed by atoms with van der Waals surface area (Å²) in [6, 6.07) is 3.30. The monoisotopic (exact) mass is 273 g/mol. The molecule has 0 atom stereocenters. The third kappa shape index (κ3) is 3.12. The molecule has 1 N–H and O–H groups in total. The van der Waals surface area contributed by atoms with Crippen LogP contribution in [0.25, 0.3) is 0 Å². The molecule has 1 aromatic rings. The minimum Gasteiger partial charge on any atom is -0.462 e. The van der Waals surface area contributed by atoms with Gasteiger partial charge in [0.15, 0.2) is 0 Å². The standard InChI is InChI=1S/C14H15N3O3/c1-2-20-14(19)10-6-8-16-12(9-3-4-9)13(10)17-11(18)5-7-15/h6,8-9H,2-5H2,1H3,(H,17,18). The van der Waals surface area contributed by atoms with Crippen molar-refractivity contribution in [3.8, 4) is 6.07 Å². The van der Waals surface area contributed by atoms with Crippen molar-refractivity contribution in [3.05, 3.63) is 23.5 Å². The van der Waals surface area contributed by atoms with E-state index in [0.717, 1.165) is 12.8 Å². The molecule has 6 nitrogen and oxygen atoms in total. The van der Waals surface area contributed by atoms with Gasteiger partial charge in [0.25, 0.3) is 0 Å². The van der Waals surface area contributed by atoms with Gasteiger partial charge in [-0.2, -0.15) is 5.26 Å². The number of hydrogen-bond acceptors (Lipinski definition) is 5. The summed E-state index contributed by atoms with van der Waals surface area (Å²) in [6.07, 6.45) is 3.25. The van der Waals surface area contributed by atoms with Crippen LogP contribution in [0.1, 0.15) is 48.2 Å². The van der Waals surface area contributed by atoms with Crippen molar-refractivity contribution < 1.29 is 14.3 Å². The van der Waals surface area contributed by atoms with Gasteiger partial charge in [-0.1, -0.05) is 0 Å². The van der Waals surface area contributed by atoms with Gasteiger partial charge in [0.2, 0.25) is 5.91 Å². The number of pyridine rings is 1. The fourth-order valence-corrected chi connectivity index (χ4v) is 1.91. The van der Waals surface area contributed by atoms with Crippen LogP contribution in [0, 0.1) is 11.3 Å². The third-order valence-electron chi connectivity index (χ3n) is 2.94. The minimum atomic E-state index is -0.496. The van der Waals surface area contributed by atoms with Crippen molar-refractivity contribution in [2.24, 2.45) is 0 Å². The molecule has 0 aliphatic heterocycles. The molecule has 2 rings (SSSR count). The second-order valence-corrected chi connectivity index (χ2v) is 4.50. The molecule has 20 heavy (non-hydrogen) atoms. The van der Waals surface area contributed by atoms with Crippen LogP contribution in [0.15, 0.2) is 12.3 Å². The summed E-state index contributed by atoms with van der Waals surface area (Å²) in [5.41, 5.74) is 1.37. The number of hydrogen-bond donors (Lipinski definition) is 1. The number of aromatic nitrogens is 1. The number of ether oxygens (including phenoxy) is 1. The van der Waals surface area contributed by atoms with Crippen molar-refractivity contribution in [2.75, 3.05) is 11.9 Å². The number of carbonyl (C=O) groups is 2. The number of amides is 1.